The van der Waals surface area contributed by atoms with E-state index in [0.29, 0.717) is 22.2 Å². The fourth-order valence-corrected chi connectivity index (χ4v) is 4.21. The number of carbonyl (C=O) groups excluding carboxylic acids is 3. The number of hydrogen-bond donors (Lipinski definition) is 0. The highest BCUT2D eigenvalue weighted by Gasteiger charge is 2.25. The molecule has 0 spiro atoms. The fraction of sp³-hybridized carbons (Fsp3) is 0.0741. The molecule has 0 amide bonds. The molecular formula is C27H18F2N2O3. The van der Waals surface area contributed by atoms with Gasteiger partial charge in [-0.05, 0) is 73.7 Å². The molecule has 34 heavy (non-hydrogen) atoms. The first-order chi connectivity index (χ1) is 16.3. The molecule has 7 heteroatoms. The lowest BCUT2D eigenvalue weighted by molar-refractivity contribution is 0.0970. The van der Waals surface area contributed by atoms with Crippen LogP contribution in [0.3, 0.4) is 0 Å². The molecular weight excluding hydrogens is 438 g/mol. The van der Waals surface area contributed by atoms with Gasteiger partial charge < -0.3 is 4.57 Å². The van der Waals surface area contributed by atoms with Crippen LogP contribution in [0, 0.1) is 11.6 Å². The number of para-hydroxylation sites is 2. The highest BCUT2D eigenvalue weighted by molar-refractivity contribution is 6.13. The Kier molecular flexibility index (Phi) is 5.17. The van der Waals surface area contributed by atoms with E-state index in [-0.39, 0.29) is 40.7 Å². The second-order valence-corrected chi connectivity index (χ2v) is 8.00. The van der Waals surface area contributed by atoms with Crippen molar-refractivity contribution < 1.29 is 23.2 Å². The van der Waals surface area contributed by atoms with Crippen LogP contribution in [0.1, 0.15) is 43.7 Å². The molecule has 2 aromatic heterocycles. The number of rotatable bonds is 6. The van der Waals surface area contributed by atoms with Gasteiger partial charge in [-0.2, -0.15) is 0 Å². The molecule has 0 N–H and O–H groups in total. The van der Waals surface area contributed by atoms with E-state index in [2.05, 4.69) is 0 Å². The van der Waals surface area contributed by atoms with Gasteiger partial charge in [-0.1, -0.05) is 12.1 Å². The Morgan fingerprint density at radius 1 is 0.765 bits per heavy atom. The summed E-state index contributed by atoms with van der Waals surface area (Å²) in [5.74, 6) is -1.83. The highest BCUT2D eigenvalue weighted by atomic mass is 19.1. The summed E-state index contributed by atoms with van der Waals surface area (Å²) in [4.78, 5) is 39.0. The third-order valence-corrected chi connectivity index (χ3v) is 5.83. The number of hydrogen-bond acceptors (Lipinski definition) is 3. The summed E-state index contributed by atoms with van der Waals surface area (Å²) < 4.78 is 30.1. The molecule has 5 rings (SSSR count). The standard InChI is InChI=1S/C27H18F2N2O3/c1-16(32)21-14-24(26(34)18-8-12-20(29)13-9-18)31-23-5-3-2-4-22(23)30(27(21)31)15-25(33)17-6-10-19(28)11-7-17/h2-14H,15H2,1H3. The summed E-state index contributed by atoms with van der Waals surface area (Å²) in [6, 6.07) is 19.2. The lowest BCUT2D eigenvalue weighted by Gasteiger charge is -2.07. The van der Waals surface area contributed by atoms with Gasteiger partial charge in [-0.25, -0.2) is 8.78 Å². The van der Waals surface area contributed by atoms with Crippen LogP contribution in [-0.2, 0) is 6.54 Å². The van der Waals surface area contributed by atoms with Crippen molar-refractivity contribution in [3.63, 3.8) is 0 Å². The minimum absolute atomic E-state index is 0.114. The number of benzene rings is 3. The van der Waals surface area contributed by atoms with Crippen molar-refractivity contribution in [3.8, 4) is 0 Å². The van der Waals surface area contributed by atoms with Crippen molar-refractivity contribution in [1.82, 2.24) is 8.97 Å². The maximum atomic E-state index is 13.4. The average molecular weight is 456 g/mol. The first kappa shape index (κ1) is 21.5. The van der Waals surface area contributed by atoms with E-state index < -0.39 is 11.6 Å². The van der Waals surface area contributed by atoms with E-state index in [1.54, 1.807) is 33.2 Å². The molecule has 0 aliphatic rings. The number of nitrogens with zero attached hydrogens (tertiary/aromatic N) is 2. The topological polar surface area (TPSA) is 60.5 Å². The molecule has 0 fully saturated rings. The molecule has 0 aliphatic heterocycles. The van der Waals surface area contributed by atoms with E-state index >= 15 is 0 Å². The monoisotopic (exact) mass is 456 g/mol. The Bertz CT molecular complexity index is 1590. The Hall–Kier alpha value is -4.39. The zero-order valence-corrected chi connectivity index (χ0v) is 18.1. The second kappa shape index (κ2) is 8.19. The number of ketones is 3. The predicted molar refractivity (Wildman–Crippen MR) is 123 cm³/mol. The van der Waals surface area contributed by atoms with Crippen LogP contribution in [0.4, 0.5) is 8.78 Å². The van der Waals surface area contributed by atoms with Crippen LogP contribution in [0.15, 0.2) is 78.9 Å². The number of aromatic nitrogens is 2. The molecule has 5 nitrogen and oxygen atoms in total. The number of fused-ring (bicyclic) bond motifs is 3. The first-order valence-electron chi connectivity index (χ1n) is 10.6. The van der Waals surface area contributed by atoms with E-state index in [0.717, 1.165) is 0 Å². The largest absolute Gasteiger partial charge is 0.317 e. The van der Waals surface area contributed by atoms with Crippen molar-refractivity contribution in [2.24, 2.45) is 0 Å². The quantitative estimate of drug-likeness (QED) is 0.318. The van der Waals surface area contributed by atoms with Crippen LogP contribution in [-0.4, -0.2) is 26.3 Å². The Morgan fingerprint density at radius 3 is 1.91 bits per heavy atom. The summed E-state index contributed by atoms with van der Waals surface area (Å²) in [6.45, 7) is 1.28. The molecule has 0 saturated heterocycles. The van der Waals surface area contributed by atoms with Gasteiger partial charge in [0.05, 0.1) is 28.8 Å². The van der Waals surface area contributed by atoms with E-state index in [1.807, 2.05) is 0 Å². The molecule has 0 aliphatic carbocycles. The van der Waals surface area contributed by atoms with Crippen LogP contribution in [0.25, 0.3) is 16.7 Å². The van der Waals surface area contributed by atoms with Gasteiger partial charge in [0.2, 0.25) is 5.78 Å². The highest BCUT2D eigenvalue weighted by Crippen LogP contribution is 2.29. The first-order valence-corrected chi connectivity index (χ1v) is 10.6. The van der Waals surface area contributed by atoms with Gasteiger partial charge in [-0.15, -0.1) is 0 Å². The zero-order valence-electron chi connectivity index (χ0n) is 18.1. The fourth-order valence-electron chi connectivity index (χ4n) is 4.21. The van der Waals surface area contributed by atoms with Crippen molar-refractivity contribution in [2.45, 2.75) is 13.5 Å². The molecule has 3 aromatic carbocycles. The van der Waals surface area contributed by atoms with Crippen LogP contribution in [0.5, 0.6) is 0 Å². The Morgan fingerprint density at radius 2 is 1.32 bits per heavy atom. The smallest absolute Gasteiger partial charge is 0.209 e. The SMILES string of the molecule is CC(=O)c1cc(C(=O)c2ccc(F)cc2)n2c3ccccc3n(CC(=O)c3ccc(F)cc3)c12. The average Bonchev–Trinajstić information content (AvgIpc) is 3.37. The lowest BCUT2D eigenvalue weighted by Crippen LogP contribution is -2.11. The molecule has 2 heterocycles. The van der Waals surface area contributed by atoms with E-state index in [4.69, 9.17) is 0 Å². The number of halogens is 2. The van der Waals surface area contributed by atoms with Crippen LogP contribution in [0.2, 0.25) is 0 Å². The van der Waals surface area contributed by atoms with Gasteiger partial charge in [0.1, 0.15) is 17.3 Å². The maximum absolute atomic E-state index is 13.4. The van der Waals surface area contributed by atoms with E-state index in [1.165, 1.54) is 61.5 Å². The minimum atomic E-state index is -0.461. The van der Waals surface area contributed by atoms with Crippen LogP contribution < -0.4 is 0 Å². The summed E-state index contributed by atoms with van der Waals surface area (Å²) in [5, 5.41) is 0. The van der Waals surface area contributed by atoms with Gasteiger partial charge >= 0.3 is 0 Å². The maximum Gasteiger partial charge on any atom is 0.209 e. The van der Waals surface area contributed by atoms with Gasteiger partial charge in [-0.3, -0.25) is 18.8 Å². The molecule has 168 valence electrons. The molecule has 0 radical (unpaired) electrons. The third-order valence-electron chi connectivity index (χ3n) is 5.83. The third kappa shape index (κ3) is 3.51. The van der Waals surface area contributed by atoms with Crippen molar-refractivity contribution in [1.29, 1.82) is 0 Å². The number of Topliss-reactive ketones (excluding diaryl/α,β-unsaturated/α-hetero) is 2. The molecule has 5 aromatic rings. The second-order valence-electron chi connectivity index (χ2n) is 8.00. The molecule has 0 bridgehead atoms. The Labute approximate surface area is 192 Å². The lowest BCUT2D eigenvalue weighted by atomic mass is 10.1. The summed E-state index contributed by atoms with van der Waals surface area (Å²) in [7, 11) is 0. The van der Waals surface area contributed by atoms with Gasteiger partial charge in [0.25, 0.3) is 0 Å². The summed E-state index contributed by atoms with van der Waals surface area (Å²) >= 11 is 0. The van der Waals surface area contributed by atoms with Gasteiger partial charge in [0, 0.05) is 11.1 Å². The van der Waals surface area contributed by atoms with Crippen LogP contribution >= 0.6 is 0 Å². The number of imidazole rings is 1. The van der Waals surface area contributed by atoms with E-state index in [9.17, 15) is 23.2 Å². The van der Waals surface area contributed by atoms with Crippen molar-refractivity contribution in [3.05, 3.63) is 113 Å². The van der Waals surface area contributed by atoms with Gasteiger partial charge in [0.15, 0.2) is 11.6 Å². The number of carbonyl (C=O) groups is 3. The minimum Gasteiger partial charge on any atom is -0.317 e. The predicted octanol–water partition coefficient (Wildman–Crippen LogP) is 5.49. The summed E-state index contributed by atoms with van der Waals surface area (Å²) in [5.41, 5.74) is 2.83. The van der Waals surface area contributed by atoms with Crippen molar-refractivity contribution in [2.75, 3.05) is 0 Å². The van der Waals surface area contributed by atoms with Crippen molar-refractivity contribution >= 4 is 34.0 Å². The molecule has 0 saturated carbocycles. The summed E-state index contributed by atoms with van der Waals surface area (Å²) in [6.07, 6.45) is 0. The zero-order chi connectivity index (χ0) is 24.0. The normalized spacial score (nSPS) is 11.3. The molecule has 0 unspecified atom stereocenters. The Balaban J connectivity index is 1.73. The molecule has 0 atom stereocenters.